The van der Waals surface area contributed by atoms with Gasteiger partial charge in [0, 0.05) is 6.07 Å². The lowest BCUT2D eigenvalue weighted by atomic mass is 10.3. The number of carbonyl (C=O) groups is 1. The molecule has 0 aliphatic carbocycles. The quantitative estimate of drug-likeness (QED) is 0.848. The lowest BCUT2D eigenvalue weighted by molar-refractivity contribution is -0.112. The van der Waals surface area contributed by atoms with Crippen LogP contribution >= 0.6 is 0 Å². The molecule has 4 rings (SSSR count). The summed E-state index contributed by atoms with van der Waals surface area (Å²) in [7, 11) is 0. The highest BCUT2D eigenvalue weighted by Crippen LogP contribution is 2.34. The third kappa shape index (κ3) is 2.41. The summed E-state index contributed by atoms with van der Waals surface area (Å²) in [6.45, 7) is 4.05. The number of ether oxygens (including phenoxy) is 2. The number of carbonyl (C=O) groups excluding carboxylic acids is 1. The second-order valence-corrected chi connectivity index (χ2v) is 5.21. The molecule has 2 aliphatic heterocycles. The molecule has 2 aromatic carbocycles. The first-order valence-electron chi connectivity index (χ1n) is 7.31. The second kappa shape index (κ2) is 5.62. The zero-order valence-corrected chi connectivity index (χ0v) is 12.7. The Morgan fingerprint density at radius 2 is 1.92 bits per heavy atom. The molecular weight excluding hydrogens is 308 g/mol. The zero-order chi connectivity index (χ0) is 16.5. The lowest BCUT2D eigenvalue weighted by Gasteiger charge is -2.14. The van der Waals surface area contributed by atoms with Crippen molar-refractivity contribution in [2.75, 3.05) is 17.2 Å². The molecule has 2 aromatic rings. The Morgan fingerprint density at radius 1 is 1.12 bits per heavy atom. The smallest absolute Gasteiger partial charge is 0.299 e. The highest BCUT2D eigenvalue weighted by atomic mass is 16.7. The predicted molar refractivity (Wildman–Crippen MR) is 89.8 cm³/mol. The summed E-state index contributed by atoms with van der Waals surface area (Å²) in [6, 6.07) is 14.6. The number of rotatable bonds is 3. The van der Waals surface area contributed by atoms with Crippen molar-refractivity contribution in [3.63, 3.8) is 0 Å². The van der Waals surface area contributed by atoms with Crippen LogP contribution in [0.25, 0.3) is 0 Å². The van der Waals surface area contributed by atoms with Gasteiger partial charge in [0.15, 0.2) is 17.2 Å². The minimum atomic E-state index is -0.278. The van der Waals surface area contributed by atoms with Gasteiger partial charge in [0.2, 0.25) is 6.79 Å². The third-order valence-electron chi connectivity index (χ3n) is 3.62. The van der Waals surface area contributed by atoms with E-state index >= 15 is 0 Å². The van der Waals surface area contributed by atoms with Crippen molar-refractivity contribution in [2.45, 2.75) is 0 Å². The fourth-order valence-corrected chi connectivity index (χ4v) is 2.43. The van der Waals surface area contributed by atoms with Gasteiger partial charge in [-0.3, -0.25) is 15.6 Å². The van der Waals surface area contributed by atoms with Gasteiger partial charge in [-0.1, -0.05) is 24.8 Å². The van der Waals surface area contributed by atoms with E-state index in [4.69, 9.17) is 9.47 Å². The van der Waals surface area contributed by atoms with Gasteiger partial charge in [0.1, 0.15) is 0 Å². The summed E-state index contributed by atoms with van der Waals surface area (Å²) in [5, 5.41) is 5.58. The van der Waals surface area contributed by atoms with E-state index in [0.717, 1.165) is 5.69 Å². The maximum atomic E-state index is 12.5. The number of benzene rings is 2. The Labute approximate surface area is 138 Å². The van der Waals surface area contributed by atoms with Crippen molar-refractivity contribution in [1.82, 2.24) is 5.43 Å². The SMILES string of the molecule is C=C1NN(c2ccccc2)C(=O)/C1=N/Nc1ccc2c(c1)OCO2. The molecule has 7 heteroatoms. The van der Waals surface area contributed by atoms with Gasteiger partial charge in [0.05, 0.1) is 17.1 Å². The van der Waals surface area contributed by atoms with Crippen LogP contribution in [0.3, 0.4) is 0 Å². The van der Waals surface area contributed by atoms with Crippen LogP contribution in [0.4, 0.5) is 11.4 Å². The molecular formula is C17H14N4O3. The van der Waals surface area contributed by atoms with Crippen molar-refractivity contribution in [1.29, 1.82) is 0 Å². The molecule has 0 atom stereocenters. The minimum absolute atomic E-state index is 0.207. The van der Waals surface area contributed by atoms with E-state index in [-0.39, 0.29) is 18.4 Å². The Kier molecular flexibility index (Phi) is 3.31. The molecule has 0 bridgehead atoms. The van der Waals surface area contributed by atoms with Crippen LogP contribution in [-0.4, -0.2) is 18.4 Å². The van der Waals surface area contributed by atoms with Crippen LogP contribution in [0.15, 0.2) is 65.9 Å². The van der Waals surface area contributed by atoms with Gasteiger partial charge in [0.25, 0.3) is 5.91 Å². The van der Waals surface area contributed by atoms with Gasteiger partial charge in [-0.2, -0.15) is 5.10 Å². The molecule has 0 saturated carbocycles. The summed E-state index contributed by atoms with van der Waals surface area (Å²) in [4.78, 5) is 12.5. The van der Waals surface area contributed by atoms with Crippen LogP contribution in [-0.2, 0) is 4.79 Å². The first-order valence-corrected chi connectivity index (χ1v) is 7.31. The average Bonchev–Trinajstić information content (AvgIpc) is 3.18. The van der Waals surface area contributed by atoms with E-state index in [9.17, 15) is 4.79 Å². The molecule has 0 spiro atoms. The molecule has 0 radical (unpaired) electrons. The molecule has 0 aromatic heterocycles. The molecule has 2 N–H and O–H groups in total. The number of hydrazone groups is 1. The molecule has 1 fully saturated rings. The van der Waals surface area contributed by atoms with E-state index in [1.54, 1.807) is 18.2 Å². The van der Waals surface area contributed by atoms with Crippen molar-refractivity contribution in [2.24, 2.45) is 5.10 Å². The molecule has 24 heavy (non-hydrogen) atoms. The third-order valence-corrected chi connectivity index (χ3v) is 3.62. The summed E-state index contributed by atoms with van der Waals surface area (Å²) < 4.78 is 10.6. The molecule has 2 aliphatic rings. The first-order chi connectivity index (χ1) is 11.7. The van der Waals surface area contributed by atoms with E-state index in [2.05, 4.69) is 22.5 Å². The van der Waals surface area contributed by atoms with Crippen LogP contribution in [0, 0.1) is 0 Å². The lowest BCUT2D eigenvalue weighted by Crippen LogP contribution is -2.34. The van der Waals surface area contributed by atoms with Crippen molar-refractivity contribution >= 4 is 23.0 Å². The van der Waals surface area contributed by atoms with Crippen molar-refractivity contribution < 1.29 is 14.3 Å². The van der Waals surface area contributed by atoms with E-state index < -0.39 is 0 Å². The Morgan fingerprint density at radius 3 is 2.75 bits per heavy atom. The standard InChI is InChI=1S/C17H14N4O3/c1-11-16(17(22)21(20-11)13-5-3-2-4-6-13)19-18-12-7-8-14-15(9-12)24-10-23-14/h2-9,18,20H,1,10H2/b19-16+. The Hall–Kier alpha value is -3.48. The normalized spacial score (nSPS) is 17.3. The predicted octanol–water partition coefficient (Wildman–Crippen LogP) is 2.25. The minimum Gasteiger partial charge on any atom is -0.454 e. The zero-order valence-electron chi connectivity index (χ0n) is 12.7. The topological polar surface area (TPSA) is 75.2 Å². The van der Waals surface area contributed by atoms with Gasteiger partial charge >= 0.3 is 0 Å². The summed E-state index contributed by atoms with van der Waals surface area (Å²) in [5.74, 6) is 1.05. The number of hydrogen-bond donors (Lipinski definition) is 2. The monoisotopic (exact) mass is 322 g/mol. The summed E-state index contributed by atoms with van der Waals surface area (Å²) in [6.07, 6.45) is 0. The van der Waals surface area contributed by atoms with Crippen molar-refractivity contribution in [3.05, 3.63) is 60.8 Å². The van der Waals surface area contributed by atoms with Gasteiger partial charge in [-0.25, -0.2) is 5.01 Å². The van der Waals surface area contributed by atoms with Crippen LogP contribution in [0.5, 0.6) is 11.5 Å². The van der Waals surface area contributed by atoms with Crippen LogP contribution < -0.4 is 25.3 Å². The molecule has 2 heterocycles. The largest absolute Gasteiger partial charge is 0.454 e. The maximum absolute atomic E-state index is 12.5. The number of nitrogens with one attached hydrogen (secondary N) is 2. The molecule has 0 unspecified atom stereocenters. The highest BCUT2D eigenvalue weighted by Gasteiger charge is 2.32. The Balaban J connectivity index is 1.54. The van der Waals surface area contributed by atoms with Crippen LogP contribution in [0.1, 0.15) is 0 Å². The summed E-state index contributed by atoms with van der Waals surface area (Å²) >= 11 is 0. The molecule has 7 nitrogen and oxygen atoms in total. The number of fused-ring (bicyclic) bond motifs is 1. The second-order valence-electron chi connectivity index (χ2n) is 5.21. The molecule has 1 saturated heterocycles. The first kappa shape index (κ1) is 14.1. The average molecular weight is 322 g/mol. The van der Waals surface area contributed by atoms with Crippen LogP contribution in [0.2, 0.25) is 0 Å². The maximum Gasteiger partial charge on any atom is 0.299 e. The number of para-hydroxylation sites is 1. The number of hydrogen-bond acceptors (Lipinski definition) is 6. The van der Waals surface area contributed by atoms with E-state index in [1.165, 1.54) is 5.01 Å². The number of amides is 1. The summed E-state index contributed by atoms with van der Waals surface area (Å²) in [5.41, 5.74) is 7.83. The van der Waals surface area contributed by atoms with Crippen molar-refractivity contribution in [3.8, 4) is 11.5 Å². The van der Waals surface area contributed by atoms with Gasteiger partial charge in [-0.15, -0.1) is 0 Å². The van der Waals surface area contributed by atoms with E-state index in [0.29, 0.717) is 22.9 Å². The fourth-order valence-electron chi connectivity index (χ4n) is 2.43. The molecule has 120 valence electrons. The Bertz CT molecular complexity index is 848. The number of anilines is 2. The van der Waals surface area contributed by atoms with Gasteiger partial charge < -0.3 is 9.47 Å². The fraction of sp³-hybridized carbons (Fsp3) is 0.0588. The van der Waals surface area contributed by atoms with Gasteiger partial charge in [-0.05, 0) is 24.3 Å². The number of nitrogens with zero attached hydrogens (tertiary/aromatic N) is 2. The van der Waals surface area contributed by atoms with E-state index in [1.807, 2.05) is 30.3 Å². The molecule has 1 amide bonds. The highest BCUT2D eigenvalue weighted by molar-refractivity contribution is 6.51. The number of hydrazine groups is 1.